The molecule has 0 aliphatic rings. The molecule has 0 heterocycles. The second-order valence-corrected chi connectivity index (χ2v) is 5.68. The molecule has 1 rings (SSSR count). The summed E-state index contributed by atoms with van der Waals surface area (Å²) in [6.45, 7) is 5.92. The Morgan fingerprint density at radius 1 is 1.33 bits per heavy atom. The SMILES string of the molecule is Cc1ccc(C(=O)O)cc1NC(=S)NC(=O)CCC(C)C. The maximum absolute atomic E-state index is 11.7. The molecule has 0 spiro atoms. The van der Waals surface area contributed by atoms with Crippen molar-refractivity contribution in [2.75, 3.05) is 5.32 Å². The number of carboxylic acids is 1. The van der Waals surface area contributed by atoms with Crippen LogP contribution in [-0.4, -0.2) is 22.1 Å². The Hall–Kier alpha value is -1.95. The number of carbonyl (C=O) groups is 2. The molecule has 0 unspecified atom stereocenters. The molecule has 1 aromatic rings. The first-order valence-corrected chi connectivity index (χ1v) is 7.15. The first-order valence-electron chi connectivity index (χ1n) is 6.74. The third-order valence-electron chi connectivity index (χ3n) is 2.93. The average Bonchev–Trinajstić information content (AvgIpc) is 2.38. The first kappa shape index (κ1) is 17.1. The van der Waals surface area contributed by atoms with Crippen LogP contribution in [-0.2, 0) is 4.79 Å². The number of anilines is 1. The fourth-order valence-electron chi connectivity index (χ4n) is 1.65. The van der Waals surface area contributed by atoms with Gasteiger partial charge in [-0.2, -0.15) is 0 Å². The fourth-order valence-corrected chi connectivity index (χ4v) is 1.88. The van der Waals surface area contributed by atoms with Crippen LogP contribution in [0.15, 0.2) is 18.2 Å². The van der Waals surface area contributed by atoms with Crippen molar-refractivity contribution < 1.29 is 14.7 Å². The van der Waals surface area contributed by atoms with Crippen LogP contribution in [0, 0.1) is 12.8 Å². The van der Waals surface area contributed by atoms with Crippen molar-refractivity contribution in [3.05, 3.63) is 29.3 Å². The van der Waals surface area contributed by atoms with Gasteiger partial charge in [0.15, 0.2) is 5.11 Å². The standard InChI is InChI=1S/C15H20N2O3S/c1-9(2)4-7-13(18)17-15(21)16-12-8-11(14(19)20)6-5-10(12)3/h5-6,8-9H,4,7H2,1-3H3,(H,19,20)(H2,16,17,18,21). The predicted octanol–water partition coefficient (Wildman–Crippen LogP) is 2.94. The lowest BCUT2D eigenvalue weighted by Crippen LogP contribution is -2.34. The molecule has 0 saturated heterocycles. The number of carboxylic acid groups (broad SMARTS) is 1. The number of rotatable bonds is 5. The molecule has 0 radical (unpaired) electrons. The fraction of sp³-hybridized carbons (Fsp3) is 0.400. The van der Waals surface area contributed by atoms with Crippen LogP contribution in [0.4, 0.5) is 5.69 Å². The molecule has 0 aromatic heterocycles. The highest BCUT2D eigenvalue weighted by molar-refractivity contribution is 7.80. The summed E-state index contributed by atoms with van der Waals surface area (Å²) in [5.41, 5.74) is 1.58. The molecular formula is C15H20N2O3S. The van der Waals surface area contributed by atoms with Crippen LogP contribution < -0.4 is 10.6 Å². The van der Waals surface area contributed by atoms with Gasteiger partial charge in [-0.1, -0.05) is 19.9 Å². The minimum atomic E-state index is -1.01. The Bertz CT molecular complexity index is 556. The molecule has 6 heteroatoms. The van der Waals surface area contributed by atoms with Gasteiger partial charge in [0.05, 0.1) is 5.56 Å². The summed E-state index contributed by atoms with van der Waals surface area (Å²) < 4.78 is 0. The number of amides is 1. The number of aryl methyl sites for hydroxylation is 1. The van der Waals surface area contributed by atoms with Crippen LogP contribution in [0.5, 0.6) is 0 Å². The van der Waals surface area contributed by atoms with E-state index in [0.29, 0.717) is 18.0 Å². The molecular weight excluding hydrogens is 288 g/mol. The van der Waals surface area contributed by atoms with Crippen LogP contribution in [0.3, 0.4) is 0 Å². The van der Waals surface area contributed by atoms with Crippen molar-refractivity contribution in [1.29, 1.82) is 0 Å². The third kappa shape index (κ3) is 5.91. The quantitative estimate of drug-likeness (QED) is 0.729. The van der Waals surface area contributed by atoms with Gasteiger partial charge in [0.2, 0.25) is 5.91 Å². The largest absolute Gasteiger partial charge is 0.478 e. The Labute approximate surface area is 129 Å². The Balaban J connectivity index is 2.64. The molecule has 0 saturated carbocycles. The molecule has 0 bridgehead atoms. The highest BCUT2D eigenvalue weighted by Gasteiger charge is 2.09. The first-order chi connectivity index (χ1) is 9.79. The normalized spacial score (nSPS) is 10.3. The number of hydrogen-bond acceptors (Lipinski definition) is 3. The van der Waals surface area contributed by atoms with Crippen LogP contribution >= 0.6 is 12.2 Å². The second-order valence-electron chi connectivity index (χ2n) is 5.27. The van der Waals surface area contributed by atoms with E-state index in [0.717, 1.165) is 12.0 Å². The molecule has 1 amide bonds. The summed E-state index contributed by atoms with van der Waals surface area (Å²) >= 11 is 5.07. The van der Waals surface area contributed by atoms with Gasteiger partial charge < -0.3 is 15.7 Å². The monoisotopic (exact) mass is 308 g/mol. The number of benzene rings is 1. The zero-order chi connectivity index (χ0) is 16.0. The van der Waals surface area contributed by atoms with Gasteiger partial charge in [0.1, 0.15) is 0 Å². The predicted molar refractivity (Wildman–Crippen MR) is 86.6 cm³/mol. The second kappa shape index (κ2) is 7.73. The smallest absolute Gasteiger partial charge is 0.335 e. The van der Waals surface area contributed by atoms with E-state index in [2.05, 4.69) is 10.6 Å². The maximum atomic E-state index is 11.7. The van der Waals surface area contributed by atoms with E-state index in [4.69, 9.17) is 17.3 Å². The molecule has 5 nitrogen and oxygen atoms in total. The van der Waals surface area contributed by atoms with Crippen molar-refractivity contribution in [2.24, 2.45) is 5.92 Å². The van der Waals surface area contributed by atoms with Crippen LogP contribution in [0.2, 0.25) is 0 Å². The number of aromatic carboxylic acids is 1. The van der Waals surface area contributed by atoms with Gasteiger partial charge in [-0.15, -0.1) is 0 Å². The van der Waals surface area contributed by atoms with Crippen molar-refractivity contribution in [3.8, 4) is 0 Å². The zero-order valence-electron chi connectivity index (χ0n) is 12.4. The van der Waals surface area contributed by atoms with E-state index in [1.807, 2.05) is 20.8 Å². The van der Waals surface area contributed by atoms with Gasteiger partial charge in [-0.25, -0.2) is 4.79 Å². The number of thiocarbonyl (C=S) groups is 1. The van der Waals surface area contributed by atoms with Crippen molar-refractivity contribution in [2.45, 2.75) is 33.6 Å². The Morgan fingerprint density at radius 2 is 2.00 bits per heavy atom. The highest BCUT2D eigenvalue weighted by Crippen LogP contribution is 2.17. The summed E-state index contributed by atoms with van der Waals surface area (Å²) in [7, 11) is 0. The summed E-state index contributed by atoms with van der Waals surface area (Å²) in [5.74, 6) is -0.704. The summed E-state index contributed by atoms with van der Waals surface area (Å²) in [4.78, 5) is 22.6. The van der Waals surface area contributed by atoms with E-state index in [1.165, 1.54) is 12.1 Å². The molecule has 0 aliphatic heterocycles. The summed E-state index contributed by atoms with van der Waals surface area (Å²) in [5, 5.41) is 14.6. The van der Waals surface area contributed by atoms with E-state index in [9.17, 15) is 9.59 Å². The number of carbonyl (C=O) groups excluding carboxylic acids is 1. The Kier molecular flexibility index (Phi) is 6.30. The van der Waals surface area contributed by atoms with E-state index in [-0.39, 0.29) is 16.6 Å². The molecule has 21 heavy (non-hydrogen) atoms. The van der Waals surface area contributed by atoms with Gasteiger partial charge in [0.25, 0.3) is 0 Å². The van der Waals surface area contributed by atoms with Gasteiger partial charge in [-0.05, 0) is 49.2 Å². The molecule has 114 valence electrons. The van der Waals surface area contributed by atoms with E-state index in [1.54, 1.807) is 6.07 Å². The summed E-state index contributed by atoms with van der Waals surface area (Å²) in [6, 6.07) is 4.70. The number of hydrogen-bond donors (Lipinski definition) is 3. The lowest BCUT2D eigenvalue weighted by Gasteiger charge is -2.12. The number of nitrogens with one attached hydrogen (secondary N) is 2. The average molecular weight is 308 g/mol. The zero-order valence-corrected chi connectivity index (χ0v) is 13.2. The van der Waals surface area contributed by atoms with Crippen molar-refractivity contribution >= 4 is 34.9 Å². The van der Waals surface area contributed by atoms with Crippen LogP contribution in [0.25, 0.3) is 0 Å². The summed E-state index contributed by atoms with van der Waals surface area (Å²) in [6.07, 6.45) is 1.20. The molecule has 1 aromatic carbocycles. The van der Waals surface area contributed by atoms with Crippen LogP contribution in [0.1, 0.15) is 42.6 Å². The van der Waals surface area contributed by atoms with E-state index >= 15 is 0 Å². The molecule has 3 N–H and O–H groups in total. The van der Waals surface area contributed by atoms with Crippen molar-refractivity contribution in [1.82, 2.24) is 5.32 Å². The maximum Gasteiger partial charge on any atom is 0.335 e. The minimum absolute atomic E-state index is 0.145. The third-order valence-corrected chi connectivity index (χ3v) is 3.14. The van der Waals surface area contributed by atoms with Crippen molar-refractivity contribution in [3.63, 3.8) is 0 Å². The highest BCUT2D eigenvalue weighted by atomic mass is 32.1. The molecule has 0 aliphatic carbocycles. The van der Waals surface area contributed by atoms with Gasteiger partial charge >= 0.3 is 5.97 Å². The van der Waals surface area contributed by atoms with E-state index < -0.39 is 5.97 Å². The molecule has 0 fully saturated rings. The van der Waals surface area contributed by atoms with Gasteiger partial charge in [-0.3, -0.25) is 4.79 Å². The topological polar surface area (TPSA) is 78.4 Å². The van der Waals surface area contributed by atoms with Gasteiger partial charge in [0, 0.05) is 12.1 Å². The Morgan fingerprint density at radius 3 is 2.57 bits per heavy atom. The minimum Gasteiger partial charge on any atom is -0.478 e. The molecule has 0 atom stereocenters. The lowest BCUT2D eigenvalue weighted by molar-refractivity contribution is -0.119. The lowest BCUT2D eigenvalue weighted by atomic mass is 10.1.